The Morgan fingerprint density at radius 1 is 1.26 bits per heavy atom. The van der Waals surface area contributed by atoms with E-state index < -0.39 is 0 Å². The Hall–Kier alpha value is -2.27. The van der Waals surface area contributed by atoms with Gasteiger partial charge >= 0.3 is 0 Å². The lowest BCUT2D eigenvalue weighted by Crippen LogP contribution is -2.17. The molecule has 0 unspecified atom stereocenters. The molecule has 0 aliphatic carbocycles. The Balaban J connectivity index is 2.12. The van der Waals surface area contributed by atoms with Crippen LogP contribution in [0.4, 0.5) is 5.69 Å². The molecule has 0 spiro atoms. The Morgan fingerprint density at radius 3 is 2.84 bits per heavy atom. The third kappa shape index (κ3) is 3.59. The first-order chi connectivity index (χ1) is 9.31. The zero-order valence-corrected chi connectivity index (χ0v) is 10.8. The van der Waals surface area contributed by atoms with Crippen LogP contribution in [0.2, 0.25) is 0 Å². The maximum absolute atomic E-state index is 12.0. The van der Waals surface area contributed by atoms with Crippen molar-refractivity contribution < 1.29 is 4.79 Å². The Labute approximate surface area is 112 Å². The second-order valence-corrected chi connectivity index (χ2v) is 3.98. The van der Waals surface area contributed by atoms with Crippen LogP contribution in [0.15, 0.2) is 42.9 Å². The first kappa shape index (κ1) is 13.2. The van der Waals surface area contributed by atoms with Crippen molar-refractivity contribution in [2.45, 2.75) is 13.5 Å². The Morgan fingerprint density at radius 2 is 2.11 bits per heavy atom. The molecule has 1 aromatic heterocycles. The minimum absolute atomic E-state index is 0.253. The fraction of sp³-hybridized carbons (Fsp3) is 0.214. The van der Waals surface area contributed by atoms with E-state index in [0.717, 1.165) is 17.8 Å². The van der Waals surface area contributed by atoms with Gasteiger partial charge in [0.1, 0.15) is 5.69 Å². The highest BCUT2D eigenvalue weighted by Gasteiger charge is 2.09. The van der Waals surface area contributed by atoms with Gasteiger partial charge in [-0.05, 0) is 18.2 Å². The molecular formula is C14H16N4O. The van der Waals surface area contributed by atoms with E-state index in [2.05, 4.69) is 20.6 Å². The second kappa shape index (κ2) is 6.61. The number of anilines is 1. The number of hydrogen-bond donors (Lipinski definition) is 2. The molecule has 2 aromatic rings. The molecule has 0 fully saturated rings. The first-order valence-electron chi connectivity index (χ1n) is 6.17. The average molecular weight is 256 g/mol. The first-order valence-corrected chi connectivity index (χ1v) is 6.17. The largest absolute Gasteiger partial charge is 0.320 e. The molecule has 5 heteroatoms. The van der Waals surface area contributed by atoms with Gasteiger partial charge in [0.15, 0.2) is 0 Å². The number of aromatic nitrogens is 2. The molecule has 19 heavy (non-hydrogen) atoms. The quantitative estimate of drug-likeness (QED) is 0.856. The zero-order valence-electron chi connectivity index (χ0n) is 10.8. The third-order valence-electron chi connectivity index (χ3n) is 2.63. The molecule has 0 atom stereocenters. The summed E-state index contributed by atoms with van der Waals surface area (Å²) in [5.41, 5.74) is 2.14. The van der Waals surface area contributed by atoms with Crippen LogP contribution in [0.25, 0.3) is 0 Å². The summed E-state index contributed by atoms with van der Waals surface area (Å²) in [5.74, 6) is -0.253. The number of nitrogens with zero attached hydrogens (tertiary/aromatic N) is 2. The summed E-state index contributed by atoms with van der Waals surface area (Å²) in [4.78, 5) is 19.9. The third-order valence-corrected chi connectivity index (χ3v) is 2.63. The van der Waals surface area contributed by atoms with Crippen molar-refractivity contribution in [1.29, 1.82) is 0 Å². The number of carbonyl (C=O) groups is 1. The molecule has 0 aliphatic rings. The predicted molar refractivity (Wildman–Crippen MR) is 73.8 cm³/mol. The zero-order chi connectivity index (χ0) is 13.5. The molecule has 2 N–H and O–H groups in total. The molecule has 98 valence electrons. The fourth-order valence-electron chi connectivity index (χ4n) is 1.66. The minimum Gasteiger partial charge on any atom is -0.320 e. The lowest BCUT2D eigenvalue weighted by atomic mass is 10.1. The van der Waals surface area contributed by atoms with Gasteiger partial charge in [0.05, 0.1) is 6.20 Å². The van der Waals surface area contributed by atoms with Gasteiger partial charge in [-0.15, -0.1) is 0 Å². The van der Waals surface area contributed by atoms with Crippen LogP contribution in [0.3, 0.4) is 0 Å². The molecule has 2 rings (SSSR count). The molecule has 1 heterocycles. The van der Waals surface area contributed by atoms with Crippen LogP contribution in [0.1, 0.15) is 23.0 Å². The maximum atomic E-state index is 12.0. The minimum atomic E-state index is -0.253. The molecule has 5 nitrogen and oxygen atoms in total. The number of para-hydroxylation sites is 1. The summed E-state index contributed by atoms with van der Waals surface area (Å²) in [7, 11) is 0. The van der Waals surface area contributed by atoms with Gasteiger partial charge in [-0.25, -0.2) is 4.98 Å². The van der Waals surface area contributed by atoms with Crippen LogP contribution in [0, 0.1) is 0 Å². The van der Waals surface area contributed by atoms with E-state index in [9.17, 15) is 4.79 Å². The maximum Gasteiger partial charge on any atom is 0.275 e. The summed E-state index contributed by atoms with van der Waals surface area (Å²) in [6.07, 6.45) is 4.48. The van der Waals surface area contributed by atoms with Crippen molar-refractivity contribution in [2.24, 2.45) is 0 Å². The monoisotopic (exact) mass is 256 g/mol. The number of amides is 1. The standard InChI is InChI=1S/C14H16N4O/c1-2-15-9-11-5-3-4-6-12(11)18-14(19)13-10-16-7-8-17-13/h3-8,10,15H,2,9H2,1H3,(H,18,19). The topological polar surface area (TPSA) is 66.9 Å². The summed E-state index contributed by atoms with van der Waals surface area (Å²) in [6, 6.07) is 7.70. The van der Waals surface area contributed by atoms with E-state index in [1.807, 2.05) is 31.2 Å². The van der Waals surface area contributed by atoms with E-state index in [-0.39, 0.29) is 5.91 Å². The highest BCUT2D eigenvalue weighted by molar-refractivity contribution is 6.03. The lowest BCUT2D eigenvalue weighted by molar-refractivity contribution is 0.102. The van der Waals surface area contributed by atoms with E-state index in [0.29, 0.717) is 12.2 Å². The Kier molecular flexibility index (Phi) is 4.58. The van der Waals surface area contributed by atoms with Gasteiger partial charge in [-0.3, -0.25) is 9.78 Å². The fourth-order valence-corrected chi connectivity index (χ4v) is 1.66. The van der Waals surface area contributed by atoms with Crippen molar-refractivity contribution in [2.75, 3.05) is 11.9 Å². The molecule has 0 bridgehead atoms. The van der Waals surface area contributed by atoms with Crippen LogP contribution in [-0.4, -0.2) is 22.4 Å². The second-order valence-electron chi connectivity index (χ2n) is 3.98. The van der Waals surface area contributed by atoms with Gasteiger partial charge in [0, 0.05) is 24.6 Å². The van der Waals surface area contributed by atoms with Crippen molar-refractivity contribution in [3.63, 3.8) is 0 Å². The van der Waals surface area contributed by atoms with Gasteiger partial charge in [0.25, 0.3) is 5.91 Å². The SMILES string of the molecule is CCNCc1ccccc1NC(=O)c1cnccn1. The summed E-state index contributed by atoms with van der Waals surface area (Å²) < 4.78 is 0. The average Bonchev–Trinajstić information content (AvgIpc) is 2.47. The van der Waals surface area contributed by atoms with E-state index in [4.69, 9.17) is 0 Å². The molecule has 1 amide bonds. The van der Waals surface area contributed by atoms with E-state index >= 15 is 0 Å². The normalized spacial score (nSPS) is 10.2. The number of nitrogens with one attached hydrogen (secondary N) is 2. The van der Waals surface area contributed by atoms with Crippen LogP contribution in [-0.2, 0) is 6.54 Å². The van der Waals surface area contributed by atoms with Gasteiger partial charge in [-0.1, -0.05) is 25.1 Å². The van der Waals surface area contributed by atoms with Crippen LogP contribution >= 0.6 is 0 Å². The molecule has 0 saturated heterocycles. The van der Waals surface area contributed by atoms with Crippen molar-refractivity contribution in [3.05, 3.63) is 54.1 Å². The van der Waals surface area contributed by atoms with E-state index in [1.54, 1.807) is 0 Å². The van der Waals surface area contributed by atoms with Gasteiger partial charge in [-0.2, -0.15) is 0 Å². The van der Waals surface area contributed by atoms with Crippen molar-refractivity contribution in [3.8, 4) is 0 Å². The smallest absolute Gasteiger partial charge is 0.275 e. The van der Waals surface area contributed by atoms with Gasteiger partial charge < -0.3 is 10.6 Å². The van der Waals surface area contributed by atoms with E-state index in [1.165, 1.54) is 18.6 Å². The molecular weight excluding hydrogens is 240 g/mol. The summed E-state index contributed by atoms with van der Waals surface area (Å²) in [5, 5.41) is 6.09. The van der Waals surface area contributed by atoms with Crippen molar-refractivity contribution >= 4 is 11.6 Å². The number of benzene rings is 1. The van der Waals surface area contributed by atoms with Crippen LogP contribution in [0.5, 0.6) is 0 Å². The van der Waals surface area contributed by atoms with Crippen molar-refractivity contribution in [1.82, 2.24) is 15.3 Å². The highest BCUT2D eigenvalue weighted by Crippen LogP contribution is 2.15. The van der Waals surface area contributed by atoms with Crippen LogP contribution < -0.4 is 10.6 Å². The number of hydrogen-bond acceptors (Lipinski definition) is 4. The molecule has 0 aliphatic heterocycles. The Bertz CT molecular complexity index is 542. The highest BCUT2D eigenvalue weighted by atomic mass is 16.1. The predicted octanol–water partition coefficient (Wildman–Crippen LogP) is 1.84. The number of carbonyl (C=O) groups excluding carboxylic acids is 1. The summed E-state index contributed by atoms with van der Waals surface area (Å²) >= 11 is 0. The lowest BCUT2D eigenvalue weighted by Gasteiger charge is -2.10. The number of rotatable bonds is 5. The molecule has 0 saturated carbocycles. The molecule has 1 aromatic carbocycles. The summed E-state index contributed by atoms with van der Waals surface area (Å²) in [6.45, 7) is 3.64. The van der Waals surface area contributed by atoms with Gasteiger partial charge in [0.2, 0.25) is 0 Å². The molecule has 0 radical (unpaired) electrons.